The maximum absolute atomic E-state index is 11.4. The molecule has 0 amide bonds. The van der Waals surface area contributed by atoms with Crippen LogP contribution in [0.15, 0.2) is 0 Å². The highest BCUT2D eigenvalue weighted by atomic mass is 16.5. The summed E-state index contributed by atoms with van der Waals surface area (Å²) < 4.78 is 4.76. The number of methoxy groups -OCH3 is 1. The summed E-state index contributed by atoms with van der Waals surface area (Å²) in [4.78, 5) is 13.6. The fourth-order valence-electron chi connectivity index (χ4n) is 2.01. The van der Waals surface area contributed by atoms with E-state index in [1.165, 1.54) is 7.11 Å². The van der Waals surface area contributed by atoms with Crippen molar-refractivity contribution in [1.82, 2.24) is 10.2 Å². The Labute approximate surface area is 85.6 Å². The summed E-state index contributed by atoms with van der Waals surface area (Å²) in [5.41, 5.74) is 0.0197. The van der Waals surface area contributed by atoms with Gasteiger partial charge in [-0.3, -0.25) is 9.69 Å². The minimum absolute atomic E-state index is 0.0197. The Morgan fingerprint density at radius 2 is 2.21 bits per heavy atom. The molecule has 1 rings (SSSR count). The number of carbonyl (C=O) groups excluding carboxylic acids is 1. The van der Waals surface area contributed by atoms with E-state index < -0.39 is 0 Å². The predicted octanol–water partition coefficient (Wildman–Crippen LogP) is 0.232. The third kappa shape index (κ3) is 2.25. The minimum Gasteiger partial charge on any atom is -0.468 e. The standard InChI is InChI=1S/C10H20N2O2/c1-8(9(13)14-4)12-6-5-11-7-10(12,2)3/h8,11H,5-7H2,1-4H3. The Kier molecular flexibility index (Phi) is 3.50. The van der Waals surface area contributed by atoms with E-state index in [-0.39, 0.29) is 17.6 Å². The average Bonchev–Trinajstić information content (AvgIpc) is 2.15. The number of hydrogen-bond acceptors (Lipinski definition) is 4. The van der Waals surface area contributed by atoms with Crippen molar-refractivity contribution in [2.75, 3.05) is 26.7 Å². The molecule has 1 atom stereocenters. The summed E-state index contributed by atoms with van der Waals surface area (Å²) in [5, 5.41) is 3.32. The Morgan fingerprint density at radius 1 is 1.57 bits per heavy atom. The molecule has 0 spiro atoms. The fraction of sp³-hybridized carbons (Fsp3) is 0.900. The van der Waals surface area contributed by atoms with Gasteiger partial charge in [0.15, 0.2) is 0 Å². The van der Waals surface area contributed by atoms with Crippen molar-refractivity contribution in [3.05, 3.63) is 0 Å². The van der Waals surface area contributed by atoms with Crippen LogP contribution in [0.3, 0.4) is 0 Å². The van der Waals surface area contributed by atoms with Crippen molar-refractivity contribution in [2.24, 2.45) is 0 Å². The Bertz CT molecular complexity index is 216. The first-order chi connectivity index (χ1) is 6.49. The van der Waals surface area contributed by atoms with Crippen LogP contribution < -0.4 is 5.32 Å². The van der Waals surface area contributed by atoms with E-state index >= 15 is 0 Å². The molecule has 0 aromatic carbocycles. The molecule has 0 aromatic rings. The summed E-state index contributed by atoms with van der Waals surface area (Å²) >= 11 is 0. The second-order valence-corrected chi connectivity index (χ2v) is 4.38. The summed E-state index contributed by atoms with van der Waals surface area (Å²) in [5.74, 6) is -0.153. The molecule has 1 heterocycles. The molecule has 1 saturated heterocycles. The maximum atomic E-state index is 11.4. The Morgan fingerprint density at radius 3 is 2.71 bits per heavy atom. The molecule has 1 aliphatic heterocycles. The number of esters is 1. The third-order valence-corrected chi connectivity index (χ3v) is 2.87. The van der Waals surface area contributed by atoms with Crippen LogP contribution in [0.1, 0.15) is 20.8 Å². The lowest BCUT2D eigenvalue weighted by atomic mass is 9.98. The molecule has 0 aliphatic carbocycles. The SMILES string of the molecule is COC(=O)C(C)N1CCNCC1(C)C. The second-order valence-electron chi connectivity index (χ2n) is 4.38. The van der Waals surface area contributed by atoms with E-state index in [1.807, 2.05) is 6.92 Å². The predicted molar refractivity (Wildman–Crippen MR) is 55.1 cm³/mol. The molecule has 1 unspecified atom stereocenters. The van der Waals surface area contributed by atoms with Gasteiger partial charge in [0.1, 0.15) is 6.04 Å². The molecular weight excluding hydrogens is 180 g/mol. The summed E-state index contributed by atoms with van der Waals surface area (Å²) in [6.45, 7) is 8.92. The molecule has 1 aliphatic rings. The molecule has 4 nitrogen and oxygen atoms in total. The van der Waals surface area contributed by atoms with Crippen molar-refractivity contribution in [2.45, 2.75) is 32.4 Å². The van der Waals surface area contributed by atoms with E-state index in [0.717, 1.165) is 19.6 Å². The van der Waals surface area contributed by atoms with Crippen LogP contribution in [0.2, 0.25) is 0 Å². The third-order valence-electron chi connectivity index (χ3n) is 2.87. The van der Waals surface area contributed by atoms with Gasteiger partial charge < -0.3 is 10.1 Å². The van der Waals surface area contributed by atoms with E-state index in [1.54, 1.807) is 0 Å². The number of ether oxygens (including phenoxy) is 1. The molecule has 82 valence electrons. The van der Waals surface area contributed by atoms with Crippen LogP contribution in [0, 0.1) is 0 Å². The smallest absolute Gasteiger partial charge is 0.322 e. The number of nitrogens with zero attached hydrogens (tertiary/aromatic N) is 1. The zero-order chi connectivity index (χ0) is 10.8. The average molecular weight is 200 g/mol. The number of carbonyl (C=O) groups is 1. The first-order valence-electron chi connectivity index (χ1n) is 5.04. The normalized spacial score (nSPS) is 24.3. The van der Waals surface area contributed by atoms with Crippen LogP contribution in [0.25, 0.3) is 0 Å². The molecular formula is C10H20N2O2. The molecule has 0 bridgehead atoms. The molecule has 1 N–H and O–H groups in total. The first kappa shape index (κ1) is 11.5. The summed E-state index contributed by atoms with van der Waals surface area (Å²) in [6.07, 6.45) is 0. The monoisotopic (exact) mass is 200 g/mol. The van der Waals surface area contributed by atoms with Crippen LogP contribution in [-0.4, -0.2) is 49.2 Å². The molecule has 0 aromatic heterocycles. The van der Waals surface area contributed by atoms with Crippen molar-refractivity contribution >= 4 is 5.97 Å². The van der Waals surface area contributed by atoms with E-state index in [4.69, 9.17) is 4.74 Å². The molecule has 1 fully saturated rings. The van der Waals surface area contributed by atoms with Crippen LogP contribution in [0.5, 0.6) is 0 Å². The van der Waals surface area contributed by atoms with Gasteiger partial charge in [-0.25, -0.2) is 0 Å². The summed E-state index contributed by atoms with van der Waals surface area (Å²) in [7, 11) is 1.44. The van der Waals surface area contributed by atoms with Crippen LogP contribution >= 0.6 is 0 Å². The number of piperazine rings is 1. The second kappa shape index (κ2) is 4.28. The van der Waals surface area contributed by atoms with Crippen LogP contribution in [-0.2, 0) is 9.53 Å². The highest BCUT2D eigenvalue weighted by Crippen LogP contribution is 2.19. The molecule has 14 heavy (non-hydrogen) atoms. The number of nitrogens with one attached hydrogen (secondary N) is 1. The van der Waals surface area contributed by atoms with Gasteiger partial charge in [0.05, 0.1) is 7.11 Å². The quantitative estimate of drug-likeness (QED) is 0.648. The van der Waals surface area contributed by atoms with Gasteiger partial charge in [-0.05, 0) is 20.8 Å². The molecule has 0 saturated carbocycles. The van der Waals surface area contributed by atoms with Crippen LogP contribution in [0.4, 0.5) is 0 Å². The maximum Gasteiger partial charge on any atom is 0.322 e. The summed E-state index contributed by atoms with van der Waals surface area (Å²) in [6, 6.07) is -0.155. The largest absolute Gasteiger partial charge is 0.468 e. The van der Waals surface area contributed by atoms with Gasteiger partial charge >= 0.3 is 5.97 Å². The van der Waals surface area contributed by atoms with Gasteiger partial charge in [0.25, 0.3) is 0 Å². The van der Waals surface area contributed by atoms with E-state index in [2.05, 4.69) is 24.1 Å². The molecule has 4 heteroatoms. The number of rotatable bonds is 2. The fourth-order valence-corrected chi connectivity index (χ4v) is 2.01. The Hall–Kier alpha value is -0.610. The first-order valence-corrected chi connectivity index (χ1v) is 5.04. The van der Waals surface area contributed by atoms with Gasteiger partial charge in [-0.2, -0.15) is 0 Å². The van der Waals surface area contributed by atoms with Gasteiger partial charge in [-0.15, -0.1) is 0 Å². The highest BCUT2D eigenvalue weighted by molar-refractivity contribution is 5.75. The topological polar surface area (TPSA) is 41.6 Å². The van der Waals surface area contributed by atoms with Crippen molar-refractivity contribution in [3.63, 3.8) is 0 Å². The van der Waals surface area contributed by atoms with Crippen molar-refractivity contribution < 1.29 is 9.53 Å². The number of hydrogen-bond donors (Lipinski definition) is 1. The van der Waals surface area contributed by atoms with E-state index in [0.29, 0.717) is 0 Å². The van der Waals surface area contributed by atoms with Crippen molar-refractivity contribution in [1.29, 1.82) is 0 Å². The lowest BCUT2D eigenvalue weighted by Crippen LogP contribution is -2.62. The lowest BCUT2D eigenvalue weighted by Gasteiger charge is -2.45. The minimum atomic E-state index is -0.155. The zero-order valence-electron chi connectivity index (χ0n) is 9.46. The highest BCUT2D eigenvalue weighted by Gasteiger charge is 2.35. The lowest BCUT2D eigenvalue weighted by molar-refractivity contribution is -0.149. The van der Waals surface area contributed by atoms with Gasteiger partial charge in [0.2, 0.25) is 0 Å². The van der Waals surface area contributed by atoms with E-state index in [9.17, 15) is 4.79 Å². The van der Waals surface area contributed by atoms with Crippen molar-refractivity contribution in [3.8, 4) is 0 Å². The van der Waals surface area contributed by atoms with Gasteiger partial charge in [-0.1, -0.05) is 0 Å². The Balaban J connectivity index is 2.69. The molecule has 0 radical (unpaired) electrons. The van der Waals surface area contributed by atoms with Gasteiger partial charge in [0, 0.05) is 25.2 Å². The zero-order valence-corrected chi connectivity index (χ0v) is 9.46.